The molecule has 9 aliphatic rings. The van der Waals surface area contributed by atoms with Crippen LogP contribution in [0.5, 0.6) is 0 Å². The van der Waals surface area contributed by atoms with Crippen molar-refractivity contribution in [2.24, 2.45) is 47.3 Å². The third-order valence-corrected chi connectivity index (χ3v) is 19.3. The van der Waals surface area contributed by atoms with Crippen LogP contribution in [0.4, 0.5) is 0 Å². The molecule has 8 saturated carbocycles. The molecule has 0 heterocycles. The molecule has 8 bridgehead atoms. The maximum atomic E-state index is 2.74. The van der Waals surface area contributed by atoms with Crippen molar-refractivity contribution in [2.45, 2.75) is 120 Å². The Labute approximate surface area is 206 Å². The van der Waals surface area contributed by atoms with Gasteiger partial charge in [0.15, 0.2) is 0 Å². The highest BCUT2D eigenvalue weighted by molar-refractivity contribution is 7.67. The molecule has 0 spiro atoms. The number of allylic oxidation sites excluding steroid dienone is 4. The van der Waals surface area contributed by atoms with Crippen molar-refractivity contribution in [1.29, 1.82) is 0 Å². The van der Waals surface area contributed by atoms with Gasteiger partial charge in [0, 0.05) is 5.66 Å². The van der Waals surface area contributed by atoms with Gasteiger partial charge in [0.2, 0.25) is 0 Å². The number of rotatable bonds is 6. The summed E-state index contributed by atoms with van der Waals surface area (Å²) in [5.74, 6) is 8.91. The normalized spacial score (nSPS) is 50.3. The Morgan fingerprint density at radius 1 is 0.606 bits per heavy atom. The van der Waals surface area contributed by atoms with Gasteiger partial charge in [-0.05, 0) is 140 Å². The van der Waals surface area contributed by atoms with Crippen LogP contribution in [-0.2, 0) is 0 Å². The quantitative estimate of drug-likeness (QED) is 0.331. The fourth-order valence-electron chi connectivity index (χ4n) is 11.4. The van der Waals surface area contributed by atoms with Crippen molar-refractivity contribution in [3.63, 3.8) is 0 Å². The summed E-state index contributed by atoms with van der Waals surface area (Å²) >= 11 is 0. The van der Waals surface area contributed by atoms with Crippen LogP contribution in [0.2, 0.25) is 0 Å². The fraction of sp³-hybridized carbons (Fsp3) is 0.871. The van der Waals surface area contributed by atoms with Gasteiger partial charge < -0.3 is 0 Å². The van der Waals surface area contributed by atoms with Gasteiger partial charge >= 0.3 is 0 Å². The van der Waals surface area contributed by atoms with Gasteiger partial charge in [0.05, 0.1) is 0 Å². The van der Waals surface area contributed by atoms with Crippen LogP contribution in [-0.4, -0.2) is 28.3 Å². The Morgan fingerprint density at radius 3 is 1.36 bits per heavy atom. The van der Waals surface area contributed by atoms with Gasteiger partial charge in [-0.2, -0.15) is 0 Å². The minimum atomic E-state index is 0.0319. The van der Waals surface area contributed by atoms with Crippen molar-refractivity contribution in [3.8, 4) is 0 Å². The van der Waals surface area contributed by atoms with Crippen LogP contribution in [0, 0.1) is 47.3 Å². The first-order chi connectivity index (χ1) is 16.0. The van der Waals surface area contributed by atoms with Crippen molar-refractivity contribution in [2.75, 3.05) is 0 Å². The van der Waals surface area contributed by atoms with Gasteiger partial charge in [-0.1, -0.05) is 61.8 Å². The highest BCUT2D eigenvalue weighted by Gasteiger charge is 2.58. The molecule has 2 heteroatoms. The molecule has 0 aromatic rings. The molecule has 8 fully saturated rings. The molecule has 0 aliphatic heterocycles. The zero-order chi connectivity index (χ0) is 22.4. The van der Waals surface area contributed by atoms with Crippen LogP contribution in [0.3, 0.4) is 0 Å². The molecular weight excluding hydrogens is 434 g/mol. The summed E-state index contributed by atoms with van der Waals surface area (Å²) in [4.78, 5) is 0. The van der Waals surface area contributed by atoms with Crippen LogP contribution in [0.15, 0.2) is 23.5 Å². The number of hydrogen-bond acceptors (Lipinski definition) is 0. The highest BCUT2D eigenvalue weighted by Crippen LogP contribution is 2.76. The van der Waals surface area contributed by atoms with E-state index in [2.05, 4.69) is 45.9 Å². The SMILES string of the molecule is CC(C)P(C(C)C)C1C=CC=C1P(C1C2CC3CC(C2)CC1C3)C1C2CC3CC(C2)CC1C3. The Bertz CT molecular complexity index is 715. The van der Waals surface area contributed by atoms with Crippen molar-refractivity contribution >= 4 is 15.8 Å². The summed E-state index contributed by atoms with van der Waals surface area (Å²) < 4.78 is 0. The minimum absolute atomic E-state index is 0.0319. The molecule has 0 N–H and O–H groups in total. The first kappa shape index (κ1) is 22.5. The van der Waals surface area contributed by atoms with Crippen LogP contribution in [0.25, 0.3) is 0 Å². The average Bonchev–Trinajstić information content (AvgIpc) is 3.18. The van der Waals surface area contributed by atoms with Crippen LogP contribution >= 0.6 is 15.8 Å². The maximum absolute atomic E-state index is 2.74. The molecule has 0 aromatic heterocycles. The van der Waals surface area contributed by atoms with E-state index in [0.717, 1.165) is 75.6 Å². The molecule has 182 valence electrons. The zero-order valence-corrected chi connectivity index (χ0v) is 23.5. The molecule has 1 atom stereocenters. The molecule has 0 saturated heterocycles. The summed E-state index contributed by atoms with van der Waals surface area (Å²) in [7, 11) is 0.0697. The Morgan fingerprint density at radius 2 is 1.00 bits per heavy atom. The van der Waals surface area contributed by atoms with E-state index in [-0.39, 0.29) is 15.8 Å². The van der Waals surface area contributed by atoms with Gasteiger partial charge in [-0.3, -0.25) is 0 Å². The third kappa shape index (κ3) is 3.65. The first-order valence-corrected chi connectivity index (χ1v) is 17.9. The Balaban J connectivity index is 1.28. The van der Waals surface area contributed by atoms with Gasteiger partial charge in [-0.15, -0.1) is 0 Å². The molecule has 0 amide bonds. The van der Waals surface area contributed by atoms with E-state index in [1.165, 1.54) is 0 Å². The lowest BCUT2D eigenvalue weighted by Gasteiger charge is -2.63. The molecular formula is C31H48P2. The van der Waals surface area contributed by atoms with E-state index in [4.69, 9.17) is 0 Å². The van der Waals surface area contributed by atoms with E-state index in [1.54, 1.807) is 64.2 Å². The minimum Gasteiger partial charge on any atom is -0.0897 e. The second-order valence-electron chi connectivity index (χ2n) is 14.3. The van der Waals surface area contributed by atoms with E-state index in [1.807, 2.05) is 5.31 Å². The predicted octanol–water partition coefficient (Wildman–Crippen LogP) is 9.24. The summed E-state index contributed by atoms with van der Waals surface area (Å²) in [5, 5.41) is 2.05. The van der Waals surface area contributed by atoms with E-state index in [0.29, 0.717) is 0 Å². The smallest absolute Gasteiger partial charge is 0.0233 e. The largest absolute Gasteiger partial charge is 0.0897 e. The standard InChI is InChI=1S/C31H48P2/c1-18(2)32(19(3)4)28-6-5-7-29(28)33(30-24-10-20-8-21(12-24)13-25(30)11-20)31-26-14-22-9-23(16-26)17-27(31)15-22/h5-7,18-28,30-31H,8-17H2,1-4H3. The molecule has 0 nitrogen and oxygen atoms in total. The van der Waals surface area contributed by atoms with Crippen molar-refractivity contribution in [3.05, 3.63) is 23.5 Å². The van der Waals surface area contributed by atoms with Gasteiger partial charge in [0.1, 0.15) is 0 Å². The maximum Gasteiger partial charge on any atom is 0.0233 e. The monoisotopic (exact) mass is 482 g/mol. The van der Waals surface area contributed by atoms with E-state index >= 15 is 0 Å². The highest BCUT2D eigenvalue weighted by atomic mass is 31.1. The second-order valence-corrected chi connectivity index (χ2v) is 20.3. The van der Waals surface area contributed by atoms with Crippen LogP contribution in [0.1, 0.15) is 91.9 Å². The lowest BCUT2D eigenvalue weighted by atomic mass is 9.55. The topological polar surface area (TPSA) is 0 Å². The zero-order valence-electron chi connectivity index (χ0n) is 21.7. The summed E-state index contributed by atoms with van der Waals surface area (Å²) in [6, 6.07) is 0. The molecule has 33 heavy (non-hydrogen) atoms. The first-order valence-electron chi connectivity index (χ1n) is 14.9. The third-order valence-electron chi connectivity index (χ3n) is 11.7. The van der Waals surface area contributed by atoms with Crippen LogP contribution < -0.4 is 0 Å². The Kier molecular flexibility index (Phi) is 5.76. The van der Waals surface area contributed by atoms with E-state index in [9.17, 15) is 0 Å². The van der Waals surface area contributed by atoms with Gasteiger partial charge in [-0.25, -0.2) is 0 Å². The summed E-state index contributed by atoms with van der Waals surface area (Å²) in [5.41, 5.74) is 4.75. The van der Waals surface area contributed by atoms with Crippen molar-refractivity contribution in [1.82, 2.24) is 0 Å². The van der Waals surface area contributed by atoms with Gasteiger partial charge in [0.25, 0.3) is 0 Å². The second kappa shape index (κ2) is 8.44. The van der Waals surface area contributed by atoms with Crippen molar-refractivity contribution < 1.29 is 0 Å². The lowest BCUT2D eigenvalue weighted by Crippen LogP contribution is -2.53. The summed E-state index contributed by atoms with van der Waals surface area (Å²) in [6.45, 7) is 10.2. The summed E-state index contributed by atoms with van der Waals surface area (Å²) in [6.07, 6.45) is 24.2. The average molecular weight is 483 g/mol. The van der Waals surface area contributed by atoms with E-state index < -0.39 is 0 Å². The fourth-order valence-corrected chi connectivity index (χ4v) is 19.9. The molecule has 1 unspecified atom stereocenters. The predicted molar refractivity (Wildman–Crippen MR) is 147 cm³/mol. The molecule has 9 aliphatic carbocycles. The molecule has 0 radical (unpaired) electrons. The lowest BCUT2D eigenvalue weighted by molar-refractivity contribution is 0.0134. The number of hydrogen-bond donors (Lipinski definition) is 0. The Hall–Kier alpha value is 0.340. The molecule has 0 aromatic carbocycles. The molecule has 9 rings (SSSR count).